The van der Waals surface area contributed by atoms with Crippen molar-refractivity contribution in [1.29, 1.82) is 0 Å². The minimum Gasteiger partial charge on any atom is -0.504 e. The van der Waals surface area contributed by atoms with Crippen LogP contribution in [0.3, 0.4) is 0 Å². The number of nitro benzene ring substituents is 1. The molecule has 1 aliphatic rings. The molecule has 35 heavy (non-hydrogen) atoms. The van der Waals surface area contributed by atoms with Crippen LogP contribution in [0.25, 0.3) is 6.08 Å². The molecule has 1 aliphatic heterocycles. The zero-order chi connectivity index (χ0) is 25.4. The molecule has 1 aromatic heterocycles. The third-order valence-electron chi connectivity index (χ3n) is 5.56. The first-order valence-electron chi connectivity index (χ1n) is 10.6. The first kappa shape index (κ1) is 23.9. The van der Waals surface area contributed by atoms with Gasteiger partial charge in [0, 0.05) is 11.6 Å². The van der Waals surface area contributed by atoms with Gasteiger partial charge in [0.1, 0.15) is 0 Å². The van der Waals surface area contributed by atoms with E-state index in [2.05, 4.69) is 4.99 Å². The smallest absolute Gasteiger partial charge is 0.338 e. The molecule has 2 heterocycles. The summed E-state index contributed by atoms with van der Waals surface area (Å²) < 4.78 is 6.81. The minimum absolute atomic E-state index is 0.102. The number of esters is 1. The summed E-state index contributed by atoms with van der Waals surface area (Å²) in [6, 6.07) is 7.72. The predicted molar refractivity (Wildman–Crippen MR) is 128 cm³/mol. The van der Waals surface area contributed by atoms with Gasteiger partial charge in [0.15, 0.2) is 16.3 Å². The molecule has 0 amide bonds. The average molecular weight is 496 g/mol. The van der Waals surface area contributed by atoms with Crippen LogP contribution >= 0.6 is 11.3 Å². The molecule has 0 radical (unpaired) electrons. The quantitative estimate of drug-likeness (QED) is 0.239. The van der Waals surface area contributed by atoms with Crippen molar-refractivity contribution < 1.29 is 24.7 Å². The van der Waals surface area contributed by atoms with Crippen molar-refractivity contribution in [2.75, 3.05) is 6.61 Å². The van der Waals surface area contributed by atoms with Gasteiger partial charge >= 0.3 is 5.97 Å². The second-order valence-corrected chi connectivity index (χ2v) is 8.86. The standard InChI is InChI=1S/C24H21N3O7S/c1-4-34-23(31)20-13(3)25-24-26(21(20)15-7-5-12(2)16(11-15)27(32)33)22(30)19(35-24)10-14-6-8-17(28)18(29)9-14/h5-11,21,28-29H,4H2,1-3H3/b19-10+/t21-/m0/s1. The molecule has 2 aromatic carbocycles. The Labute approximate surface area is 202 Å². The molecule has 1 atom stereocenters. The largest absolute Gasteiger partial charge is 0.504 e. The summed E-state index contributed by atoms with van der Waals surface area (Å²) in [7, 11) is 0. The number of rotatable bonds is 5. The van der Waals surface area contributed by atoms with Crippen LogP contribution in [0.4, 0.5) is 5.69 Å². The molecule has 0 spiro atoms. The molecule has 10 nitrogen and oxygen atoms in total. The number of carbonyl (C=O) groups excluding carboxylic acids is 1. The number of thiazole rings is 1. The predicted octanol–water partition coefficient (Wildman–Crippen LogP) is 2.43. The number of carbonyl (C=O) groups is 1. The summed E-state index contributed by atoms with van der Waals surface area (Å²) in [4.78, 5) is 42.3. The number of fused-ring (bicyclic) bond motifs is 1. The molecular weight excluding hydrogens is 474 g/mol. The summed E-state index contributed by atoms with van der Waals surface area (Å²) in [5.74, 6) is -1.30. The summed E-state index contributed by atoms with van der Waals surface area (Å²) in [5, 5.41) is 30.9. The molecule has 0 bridgehead atoms. The Hall–Kier alpha value is -4.25. The molecule has 0 unspecified atom stereocenters. The highest BCUT2D eigenvalue weighted by atomic mass is 32.1. The molecule has 11 heteroatoms. The summed E-state index contributed by atoms with van der Waals surface area (Å²) in [6.07, 6.45) is 1.53. The molecule has 0 saturated carbocycles. The molecule has 3 aromatic rings. The van der Waals surface area contributed by atoms with Crippen molar-refractivity contribution in [2.45, 2.75) is 26.8 Å². The maximum absolute atomic E-state index is 13.5. The first-order valence-corrected chi connectivity index (χ1v) is 11.4. The Kier molecular flexibility index (Phi) is 6.27. The van der Waals surface area contributed by atoms with E-state index in [1.54, 1.807) is 32.9 Å². The van der Waals surface area contributed by atoms with Gasteiger partial charge in [-0.15, -0.1) is 0 Å². The van der Waals surface area contributed by atoms with Crippen molar-refractivity contribution in [2.24, 2.45) is 4.99 Å². The van der Waals surface area contributed by atoms with E-state index in [1.165, 1.54) is 34.9 Å². The maximum Gasteiger partial charge on any atom is 0.338 e. The fourth-order valence-electron chi connectivity index (χ4n) is 3.88. The van der Waals surface area contributed by atoms with Gasteiger partial charge < -0.3 is 14.9 Å². The number of phenols is 2. The fraction of sp³-hybridized carbons (Fsp3) is 0.208. The topological polar surface area (TPSA) is 144 Å². The van der Waals surface area contributed by atoms with Crippen LogP contribution in [0.1, 0.15) is 36.6 Å². The maximum atomic E-state index is 13.5. The lowest BCUT2D eigenvalue weighted by Gasteiger charge is -2.24. The van der Waals surface area contributed by atoms with Gasteiger partial charge in [-0.3, -0.25) is 19.5 Å². The molecule has 2 N–H and O–H groups in total. The summed E-state index contributed by atoms with van der Waals surface area (Å²) >= 11 is 1.07. The lowest BCUT2D eigenvalue weighted by atomic mass is 9.94. The zero-order valence-electron chi connectivity index (χ0n) is 19.0. The number of aryl methyl sites for hydroxylation is 1. The van der Waals surface area contributed by atoms with Gasteiger partial charge in [-0.25, -0.2) is 9.79 Å². The van der Waals surface area contributed by atoms with E-state index < -0.39 is 22.5 Å². The van der Waals surface area contributed by atoms with E-state index in [0.29, 0.717) is 27.2 Å². The summed E-state index contributed by atoms with van der Waals surface area (Å²) in [5.41, 5.74) is 1.13. The Morgan fingerprint density at radius 2 is 1.97 bits per heavy atom. The third-order valence-corrected chi connectivity index (χ3v) is 6.54. The fourth-order valence-corrected chi connectivity index (χ4v) is 4.93. The van der Waals surface area contributed by atoms with Crippen molar-refractivity contribution in [3.8, 4) is 11.5 Å². The van der Waals surface area contributed by atoms with E-state index in [1.807, 2.05) is 0 Å². The van der Waals surface area contributed by atoms with Crippen LogP contribution < -0.4 is 14.9 Å². The number of ether oxygens (including phenoxy) is 1. The zero-order valence-corrected chi connectivity index (χ0v) is 19.8. The summed E-state index contributed by atoms with van der Waals surface area (Å²) in [6.45, 7) is 4.98. The van der Waals surface area contributed by atoms with Crippen LogP contribution in [0.15, 0.2) is 57.5 Å². The number of hydrogen-bond acceptors (Lipinski definition) is 9. The lowest BCUT2D eigenvalue weighted by Crippen LogP contribution is -2.40. The highest BCUT2D eigenvalue weighted by Crippen LogP contribution is 2.33. The Bertz CT molecular complexity index is 1580. The number of allylic oxidation sites excluding steroid dienone is 1. The molecule has 0 fully saturated rings. The molecular formula is C24H21N3O7S. The molecule has 180 valence electrons. The van der Waals surface area contributed by atoms with E-state index in [9.17, 15) is 29.9 Å². The van der Waals surface area contributed by atoms with Crippen molar-refractivity contribution in [3.63, 3.8) is 0 Å². The van der Waals surface area contributed by atoms with Crippen LogP contribution in [0, 0.1) is 17.0 Å². The second kappa shape index (κ2) is 9.18. The monoisotopic (exact) mass is 495 g/mol. The van der Waals surface area contributed by atoms with E-state index >= 15 is 0 Å². The van der Waals surface area contributed by atoms with E-state index in [4.69, 9.17) is 4.74 Å². The number of benzene rings is 2. The molecule has 0 aliphatic carbocycles. The van der Waals surface area contributed by atoms with Gasteiger partial charge in [0.2, 0.25) is 0 Å². The average Bonchev–Trinajstić information content (AvgIpc) is 3.10. The van der Waals surface area contributed by atoms with Crippen molar-refractivity contribution >= 4 is 29.1 Å². The Morgan fingerprint density at radius 3 is 2.63 bits per heavy atom. The highest BCUT2D eigenvalue weighted by Gasteiger charge is 2.34. The molecule has 4 rings (SSSR count). The highest BCUT2D eigenvalue weighted by molar-refractivity contribution is 7.07. The minimum atomic E-state index is -0.986. The second-order valence-electron chi connectivity index (χ2n) is 7.85. The first-order chi connectivity index (χ1) is 16.6. The number of nitro groups is 1. The number of phenolic OH excluding ortho intramolecular Hbond substituents is 2. The van der Waals surface area contributed by atoms with Gasteiger partial charge in [0.05, 0.1) is 33.4 Å². The van der Waals surface area contributed by atoms with Gasteiger partial charge in [-0.1, -0.05) is 29.5 Å². The van der Waals surface area contributed by atoms with Crippen LogP contribution in [-0.2, 0) is 9.53 Å². The van der Waals surface area contributed by atoms with Crippen LogP contribution in [0.2, 0.25) is 0 Å². The lowest BCUT2D eigenvalue weighted by molar-refractivity contribution is -0.385. The number of nitrogens with zero attached hydrogens (tertiary/aromatic N) is 3. The van der Waals surface area contributed by atoms with Crippen molar-refractivity contribution in [1.82, 2.24) is 4.57 Å². The van der Waals surface area contributed by atoms with Gasteiger partial charge in [-0.2, -0.15) is 0 Å². The van der Waals surface area contributed by atoms with Gasteiger partial charge in [0.25, 0.3) is 11.2 Å². The number of aromatic nitrogens is 1. The Balaban J connectivity index is 1.99. The number of aromatic hydroxyl groups is 2. The molecule has 0 saturated heterocycles. The van der Waals surface area contributed by atoms with Crippen molar-refractivity contribution in [3.05, 3.63) is 94.2 Å². The SMILES string of the molecule is CCOC(=O)C1=C(C)N=c2s/c(=C/c3ccc(O)c(O)c3)c(=O)n2[C@H]1c1ccc(C)c([N+](=O)[O-])c1. The van der Waals surface area contributed by atoms with E-state index in [0.717, 1.165) is 11.3 Å². The third kappa shape index (κ3) is 4.33. The van der Waals surface area contributed by atoms with Crippen LogP contribution in [-0.4, -0.2) is 32.3 Å². The number of hydrogen-bond donors (Lipinski definition) is 2. The normalized spacial score (nSPS) is 15.5. The van der Waals surface area contributed by atoms with E-state index in [-0.39, 0.29) is 33.9 Å². The van der Waals surface area contributed by atoms with Gasteiger partial charge in [-0.05, 0) is 50.1 Å². The Morgan fingerprint density at radius 1 is 1.23 bits per heavy atom. The van der Waals surface area contributed by atoms with Crippen LogP contribution in [0.5, 0.6) is 11.5 Å².